The molecule has 122 valence electrons. The van der Waals surface area contributed by atoms with Crippen molar-refractivity contribution in [3.63, 3.8) is 0 Å². The van der Waals surface area contributed by atoms with Crippen LogP contribution in [0.1, 0.15) is 44.4 Å². The van der Waals surface area contributed by atoms with Crippen LogP contribution in [0.15, 0.2) is 18.2 Å². The molecule has 0 aromatic heterocycles. The summed E-state index contributed by atoms with van der Waals surface area (Å²) in [5.74, 6) is 0. The van der Waals surface area contributed by atoms with Crippen molar-refractivity contribution in [1.82, 2.24) is 5.32 Å². The summed E-state index contributed by atoms with van der Waals surface area (Å²) in [4.78, 5) is 0. The summed E-state index contributed by atoms with van der Waals surface area (Å²) in [6.45, 7) is 6.10. The smallest absolute Gasteiger partial charge is 0.398 e. The molecular formula is C14H22ClF3N2O. The van der Waals surface area contributed by atoms with Gasteiger partial charge in [0.1, 0.15) is 0 Å². The number of benzene rings is 1. The Bertz CT molecular complexity index is 464. The molecule has 21 heavy (non-hydrogen) atoms. The molecule has 1 aromatic rings. The normalized spacial score (nSPS) is 13.7. The quantitative estimate of drug-likeness (QED) is 0.726. The summed E-state index contributed by atoms with van der Waals surface area (Å²) in [5.41, 5.74) is 4.09. The lowest BCUT2D eigenvalue weighted by molar-refractivity contribution is -0.137. The number of nitrogens with two attached hydrogens (primary N) is 1. The highest BCUT2D eigenvalue weighted by Crippen LogP contribution is 2.35. The molecule has 7 heteroatoms. The molecule has 0 radical (unpaired) electrons. The number of halogens is 4. The van der Waals surface area contributed by atoms with Gasteiger partial charge in [0, 0.05) is 17.8 Å². The Morgan fingerprint density at radius 2 is 1.86 bits per heavy atom. The standard InChI is InChI=1S/C14H21F3N2O.ClH/c1-4-13(2,3)19-8-12(20)9-5-6-11(18)10(7-9)14(15,16)17;/h5-7,12,19-20H,4,8,18H2,1-3H3;1H. The third-order valence-corrected chi connectivity index (χ3v) is 3.43. The Morgan fingerprint density at radius 1 is 1.29 bits per heavy atom. The van der Waals surface area contributed by atoms with Gasteiger partial charge in [0.15, 0.2) is 0 Å². The largest absolute Gasteiger partial charge is 0.418 e. The molecule has 0 saturated heterocycles. The van der Waals surface area contributed by atoms with Crippen molar-refractivity contribution in [3.8, 4) is 0 Å². The summed E-state index contributed by atoms with van der Waals surface area (Å²) >= 11 is 0. The maximum atomic E-state index is 12.7. The minimum Gasteiger partial charge on any atom is -0.398 e. The highest BCUT2D eigenvalue weighted by atomic mass is 35.5. The fourth-order valence-electron chi connectivity index (χ4n) is 1.64. The van der Waals surface area contributed by atoms with Crippen LogP contribution in [0.5, 0.6) is 0 Å². The van der Waals surface area contributed by atoms with Gasteiger partial charge >= 0.3 is 6.18 Å². The van der Waals surface area contributed by atoms with E-state index < -0.39 is 17.8 Å². The monoisotopic (exact) mass is 326 g/mol. The third kappa shape index (κ3) is 5.73. The van der Waals surface area contributed by atoms with Crippen LogP contribution in [0.2, 0.25) is 0 Å². The average molecular weight is 327 g/mol. The molecule has 1 aromatic carbocycles. The van der Waals surface area contributed by atoms with Gasteiger partial charge in [-0.15, -0.1) is 12.4 Å². The lowest BCUT2D eigenvalue weighted by Gasteiger charge is -2.26. The van der Waals surface area contributed by atoms with Gasteiger partial charge < -0.3 is 16.2 Å². The number of nitrogen functional groups attached to an aromatic ring is 1. The summed E-state index contributed by atoms with van der Waals surface area (Å²) < 4.78 is 38.2. The lowest BCUT2D eigenvalue weighted by Crippen LogP contribution is -2.40. The zero-order valence-electron chi connectivity index (χ0n) is 12.3. The summed E-state index contributed by atoms with van der Waals surface area (Å²) in [6, 6.07) is 3.49. The number of anilines is 1. The minimum absolute atomic E-state index is 0. The number of alkyl halides is 3. The van der Waals surface area contributed by atoms with Crippen LogP contribution >= 0.6 is 12.4 Å². The Morgan fingerprint density at radius 3 is 2.33 bits per heavy atom. The van der Waals surface area contributed by atoms with Gasteiger partial charge in [-0.1, -0.05) is 13.0 Å². The molecule has 4 N–H and O–H groups in total. The molecule has 0 heterocycles. The fraction of sp³-hybridized carbons (Fsp3) is 0.571. The molecule has 1 atom stereocenters. The van der Waals surface area contributed by atoms with Gasteiger partial charge in [0.25, 0.3) is 0 Å². The number of nitrogens with one attached hydrogen (secondary N) is 1. The Hall–Kier alpha value is -0.980. The van der Waals surface area contributed by atoms with Gasteiger partial charge in [-0.3, -0.25) is 0 Å². The Kier molecular flexibility index (Phi) is 6.99. The minimum atomic E-state index is -4.52. The zero-order chi connectivity index (χ0) is 15.6. The molecule has 0 saturated carbocycles. The molecule has 0 aliphatic heterocycles. The van der Waals surface area contributed by atoms with E-state index in [-0.39, 0.29) is 35.7 Å². The number of hydrogen-bond acceptors (Lipinski definition) is 3. The van der Waals surface area contributed by atoms with Gasteiger partial charge in [-0.05, 0) is 38.0 Å². The van der Waals surface area contributed by atoms with Crippen LogP contribution in [0, 0.1) is 0 Å². The van der Waals surface area contributed by atoms with Crippen LogP contribution in [-0.4, -0.2) is 17.2 Å². The second-order valence-electron chi connectivity index (χ2n) is 5.48. The predicted molar refractivity (Wildman–Crippen MR) is 80.4 cm³/mol. The molecule has 0 spiro atoms. The topological polar surface area (TPSA) is 58.3 Å². The second kappa shape index (κ2) is 7.33. The summed E-state index contributed by atoms with van der Waals surface area (Å²) in [7, 11) is 0. The molecule has 0 amide bonds. The maximum absolute atomic E-state index is 12.7. The van der Waals surface area contributed by atoms with Crippen molar-refractivity contribution >= 4 is 18.1 Å². The SMILES string of the molecule is CCC(C)(C)NCC(O)c1ccc(N)c(C(F)(F)F)c1.Cl. The van der Waals surface area contributed by atoms with Crippen molar-refractivity contribution in [2.45, 2.75) is 45.0 Å². The molecule has 1 unspecified atom stereocenters. The van der Waals surface area contributed by atoms with E-state index in [1.54, 1.807) is 0 Å². The van der Waals surface area contributed by atoms with E-state index >= 15 is 0 Å². The molecule has 0 fully saturated rings. The Labute approximate surface area is 129 Å². The van der Waals surface area contributed by atoms with E-state index in [4.69, 9.17) is 5.73 Å². The van der Waals surface area contributed by atoms with Crippen LogP contribution in [0.4, 0.5) is 18.9 Å². The second-order valence-corrected chi connectivity index (χ2v) is 5.48. The maximum Gasteiger partial charge on any atom is 0.418 e. The van der Waals surface area contributed by atoms with Crippen LogP contribution in [0.25, 0.3) is 0 Å². The van der Waals surface area contributed by atoms with E-state index in [0.29, 0.717) is 0 Å². The van der Waals surface area contributed by atoms with Crippen molar-refractivity contribution < 1.29 is 18.3 Å². The number of β-amino-alcohol motifs (C(OH)–C–C–N with tert-alkyl or cyclic N) is 1. The first kappa shape index (κ1) is 20.0. The third-order valence-electron chi connectivity index (χ3n) is 3.43. The van der Waals surface area contributed by atoms with E-state index in [2.05, 4.69) is 5.32 Å². The van der Waals surface area contributed by atoms with Crippen molar-refractivity contribution in [2.24, 2.45) is 0 Å². The molecule has 1 rings (SSSR count). The molecule has 3 nitrogen and oxygen atoms in total. The van der Waals surface area contributed by atoms with Gasteiger partial charge in [-0.25, -0.2) is 0 Å². The molecule has 0 aliphatic rings. The molecular weight excluding hydrogens is 305 g/mol. The first-order chi connectivity index (χ1) is 9.07. The van der Waals surface area contributed by atoms with Gasteiger partial charge in [0.2, 0.25) is 0 Å². The van der Waals surface area contributed by atoms with E-state index in [9.17, 15) is 18.3 Å². The highest BCUT2D eigenvalue weighted by molar-refractivity contribution is 5.85. The zero-order valence-corrected chi connectivity index (χ0v) is 13.1. The number of hydrogen-bond donors (Lipinski definition) is 3. The first-order valence-corrected chi connectivity index (χ1v) is 6.46. The van der Waals surface area contributed by atoms with E-state index in [1.807, 2.05) is 20.8 Å². The highest BCUT2D eigenvalue weighted by Gasteiger charge is 2.33. The van der Waals surface area contributed by atoms with Crippen molar-refractivity contribution in [3.05, 3.63) is 29.3 Å². The molecule has 0 aliphatic carbocycles. The van der Waals surface area contributed by atoms with Gasteiger partial charge in [0.05, 0.1) is 11.7 Å². The van der Waals surface area contributed by atoms with E-state index in [1.165, 1.54) is 12.1 Å². The Balaban J connectivity index is 0.00000400. The first-order valence-electron chi connectivity index (χ1n) is 6.46. The van der Waals surface area contributed by atoms with Crippen LogP contribution < -0.4 is 11.1 Å². The number of aliphatic hydroxyl groups is 1. The summed E-state index contributed by atoms with van der Waals surface area (Å²) in [5, 5.41) is 13.1. The van der Waals surface area contributed by atoms with Crippen molar-refractivity contribution in [1.29, 1.82) is 0 Å². The van der Waals surface area contributed by atoms with Crippen LogP contribution in [0.3, 0.4) is 0 Å². The average Bonchev–Trinajstić information content (AvgIpc) is 2.35. The lowest BCUT2D eigenvalue weighted by atomic mass is 10.00. The predicted octanol–water partition coefficient (Wildman–Crippen LogP) is 3.52. The van der Waals surface area contributed by atoms with Crippen molar-refractivity contribution in [2.75, 3.05) is 12.3 Å². The number of rotatable bonds is 5. The van der Waals surface area contributed by atoms with Gasteiger partial charge in [-0.2, -0.15) is 13.2 Å². The molecule has 0 bridgehead atoms. The fourth-order valence-corrected chi connectivity index (χ4v) is 1.64. The van der Waals surface area contributed by atoms with Crippen LogP contribution in [-0.2, 0) is 6.18 Å². The summed E-state index contributed by atoms with van der Waals surface area (Å²) in [6.07, 6.45) is -4.69. The number of aliphatic hydroxyl groups excluding tert-OH is 1. The van der Waals surface area contributed by atoms with E-state index in [0.717, 1.165) is 12.5 Å².